The molecular formula is C17H15ClN2. The van der Waals surface area contributed by atoms with Gasteiger partial charge in [0.25, 0.3) is 0 Å². The maximum absolute atomic E-state index is 5.93. The molecule has 3 heteroatoms. The van der Waals surface area contributed by atoms with E-state index in [0.29, 0.717) is 0 Å². The van der Waals surface area contributed by atoms with Crippen molar-refractivity contribution >= 4 is 23.4 Å². The maximum atomic E-state index is 5.93. The van der Waals surface area contributed by atoms with Crippen molar-refractivity contribution in [1.82, 2.24) is 4.98 Å². The van der Waals surface area contributed by atoms with Crippen molar-refractivity contribution in [2.24, 2.45) is 4.99 Å². The molecule has 0 radical (unpaired) electrons. The first-order valence-corrected chi connectivity index (χ1v) is 7.12. The van der Waals surface area contributed by atoms with Crippen molar-refractivity contribution in [1.29, 1.82) is 0 Å². The molecule has 1 aromatic carbocycles. The molecule has 0 saturated heterocycles. The Hall–Kier alpha value is -1.93. The van der Waals surface area contributed by atoms with Crippen LogP contribution in [0.2, 0.25) is 5.02 Å². The summed E-state index contributed by atoms with van der Waals surface area (Å²) in [6.07, 6.45) is 8.01. The highest BCUT2D eigenvalue weighted by atomic mass is 35.5. The van der Waals surface area contributed by atoms with Gasteiger partial charge in [-0.3, -0.25) is 9.98 Å². The molecule has 0 aliphatic carbocycles. The molecule has 3 rings (SSSR count). The average Bonchev–Trinajstić information content (AvgIpc) is 2.51. The van der Waals surface area contributed by atoms with Crippen molar-refractivity contribution in [2.75, 3.05) is 6.54 Å². The number of pyridine rings is 1. The van der Waals surface area contributed by atoms with Crippen molar-refractivity contribution in [3.63, 3.8) is 0 Å². The maximum Gasteiger partial charge on any atom is 0.0694 e. The van der Waals surface area contributed by atoms with Gasteiger partial charge in [-0.2, -0.15) is 0 Å². The van der Waals surface area contributed by atoms with Gasteiger partial charge < -0.3 is 0 Å². The number of aliphatic imine (C=N–C) groups is 1. The fraction of sp³-hybridized carbons (Fsp3) is 0.176. The first kappa shape index (κ1) is 13.1. The fourth-order valence-electron chi connectivity index (χ4n) is 2.36. The highest BCUT2D eigenvalue weighted by molar-refractivity contribution is 6.30. The van der Waals surface area contributed by atoms with Crippen LogP contribution in [0.5, 0.6) is 0 Å². The first-order valence-electron chi connectivity index (χ1n) is 6.74. The molecule has 0 amide bonds. The van der Waals surface area contributed by atoms with Crippen LogP contribution in [0.15, 0.2) is 59.4 Å². The number of hydrogen-bond donors (Lipinski definition) is 0. The molecular weight excluding hydrogens is 268 g/mol. The molecule has 0 unspecified atom stereocenters. The van der Waals surface area contributed by atoms with E-state index < -0.39 is 0 Å². The number of benzene rings is 1. The molecule has 0 atom stereocenters. The summed E-state index contributed by atoms with van der Waals surface area (Å²) in [4.78, 5) is 8.86. The first-order chi connectivity index (χ1) is 9.83. The Bertz CT molecular complexity index is 642. The Kier molecular flexibility index (Phi) is 3.93. The summed E-state index contributed by atoms with van der Waals surface area (Å²) in [5.74, 6) is 0. The van der Waals surface area contributed by atoms with Crippen molar-refractivity contribution in [3.8, 4) is 0 Å². The summed E-state index contributed by atoms with van der Waals surface area (Å²) < 4.78 is 0. The van der Waals surface area contributed by atoms with Gasteiger partial charge in [0, 0.05) is 29.5 Å². The lowest BCUT2D eigenvalue weighted by molar-refractivity contribution is 0.818. The summed E-state index contributed by atoms with van der Waals surface area (Å²) in [5, 5.41) is 0.761. The number of hydrogen-bond acceptors (Lipinski definition) is 2. The zero-order chi connectivity index (χ0) is 13.8. The predicted octanol–water partition coefficient (Wildman–Crippen LogP) is 4.40. The standard InChI is InChI=1S/C17H15ClN2/c18-16-7-5-13(6-8-16)11-14-3-2-10-20-17(14)15-4-1-9-19-12-15/h1,4-9,11-12H,2-3,10H2/b14-11+. The Morgan fingerprint density at radius 2 is 1.95 bits per heavy atom. The van der Waals surface area contributed by atoms with Crippen LogP contribution in [0, 0.1) is 0 Å². The van der Waals surface area contributed by atoms with Gasteiger partial charge in [0.2, 0.25) is 0 Å². The number of rotatable bonds is 2. The van der Waals surface area contributed by atoms with Gasteiger partial charge in [-0.1, -0.05) is 23.7 Å². The Morgan fingerprint density at radius 3 is 2.70 bits per heavy atom. The molecule has 2 heterocycles. The van der Waals surface area contributed by atoms with E-state index in [0.717, 1.165) is 41.2 Å². The normalized spacial score (nSPS) is 17.1. The largest absolute Gasteiger partial charge is 0.284 e. The van der Waals surface area contributed by atoms with Crippen LogP contribution >= 0.6 is 11.6 Å². The second-order valence-corrected chi connectivity index (χ2v) is 5.23. The fourth-order valence-corrected chi connectivity index (χ4v) is 2.49. The third-order valence-corrected chi connectivity index (χ3v) is 3.58. The van der Waals surface area contributed by atoms with Crippen LogP contribution in [-0.2, 0) is 0 Å². The molecule has 1 aromatic heterocycles. The van der Waals surface area contributed by atoms with Crippen molar-refractivity contribution < 1.29 is 0 Å². The third kappa shape index (κ3) is 2.97. The quantitative estimate of drug-likeness (QED) is 0.801. The molecule has 0 fully saturated rings. The molecule has 2 aromatic rings. The lowest BCUT2D eigenvalue weighted by atomic mass is 9.95. The lowest BCUT2D eigenvalue weighted by Gasteiger charge is -2.16. The van der Waals surface area contributed by atoms with Crippen LogP contribution < -0.4 is 0 Å². The van der Waals surface area contributed by atoms with Crippen LogP contribution in [0.25, 0.3) is 6.08 Å². The summed E-state index contributed by atoms with van der Waals surface area (Å²) in [6.45, 7) is 0.891. The molecule has 20 heavy (non-hydrogen) atoms. The number of nitrogens with zero attached hydrogens (tertiary/aromatic N) is 2. The third-order valence-electron chi connectivity index (χ3n) is 3.32. The van der Waals surface area contributed by atoms with Gasteiger partial charge in [-0.25, -0.2) is 0 Å². The SMILES string of the molecule is Clc1ccc(/C=C2\CCCN=C2c2cccnc2)cc1. The second-order valence-electron chi connectivity index (χ2n) is 4.80. The zero-order valence-corrected chi connectivity index (χ0v) is 11.8. The number of aromatic nitrogens is 1. The molecule has 0 N–H and O–H groups in total. The average molecular weight is 283 g/mol. The van der Waals surface area contributed by atoms with E-state index in [4.69, 9.17) is 11.6 Å². The van der Waals surface area contributed by atoms with Gasteiger partial charge in [-0.15, -0.1) is 0 Å². The van der Waals surface area contributed by atoms with Gasteiger partial charge in [0.05, 0.1) is 5.71 Å². The zero-order valence-electron chi connectivity index (χ0n) is 11.1. The second kappa shape index (κ2) is 6.02. The Morgan fingerprint density at radius 1 is 1.10 bits per heavy atom. The van der Waals surface area contributed by atoms with E-state index in [9.17, 15) is 0 Å². The minimum absolute atomic E-state index is 0.761. The van der Waals surface area contributed by atoms with E-state index in [1.165, 1.54) is 5.57 Å². The summed E-state index contributed by atoms with van der Waals surface area (Å²) in [5.41, 5.74) is 4.58. The summed E-state index contributed by atoms with van der Waals surface area (Å²) in [7, 11) is 0. The minimum Gasteiger partial charge on any atom is -0.284 e. The number of halogens is 1. The van der Waals surface area contributed by atoms with Gasteiger partial charge in [0.15, 0.2) is 0 Å². The highest BCUT2D eigenvalue weighted by Crippen LogP contribution is 2.22. The van der Waals surface area contributed by atoms with Crippen molar-refractivity contribution in [3.05, 3.63) is 70.5 Å². The van der Waals surface area contributed by atoms with E-state index in [-0.39, 0.29) is 0 Å². The molecule has 0 bridgehead atoms. The van der Waals surface area contributed by atoms with Crippen LogP contribution in [0.1, 0.15) is 24.0 Å². The molecule has 0 saturated carbocycles. The van der Waals surface area contributed by atoms with E-state index in [1.807, 2.05) is 36.5 Å². The van der Waals surface area contributed by atoms with Crippen molar-refractivity contribution in [2.45, 2.75) is 12.8 Å². The molecule has 1 aliphatic rings. The summed E-state index contributed by atoms with van der Waals surface area (Å²) >= 11 is 5.93. The minimum atomic E-state index is 0.761. The molecule has 2 nitrogen and oxygen atoms in total. The smallest absolute Gasteiger partial charge is 0.0694 e. The summed E-state index contributed by atoms with van der Waals surface area (Å²) in [6, 6.07) is 11.9. The van der Waals surface area contributed by atoms with Crippen LogP contribution in [0.4, 0.5) is 0 Å². The van der Waals surface area contributed by atoms with Crippen LogP contribution in [0.3, 0.4) is 0 Å². The predicted molar refractivity (Wildman–Crippen MR) is 84.3 cm³/mol. The van der Waals surface area contributed by atoms with E-state index in [2.05, 4.69) is 22.1 Å². The van der Waals surface area contributed by atoms with E-state index >= 15 is 0 Å². The number of allylic oxidation sites excluding steroid dienone is 1. The van der Waals surface area contributed by atoms with E-state index in [1.54, 1.807) is 6.20 Å². The molecule has 0 spiro atoms. The Balaban J connectivity index is 1.97. The monoisotopic (exact) mass is 282 g/mol. The topological polar surface area (TPSA) is 25.2 Å². The molecule has 1 aliphatic heterocycles. The lowest BCUT2D eigenvalue weighted by Crippen LogP contribution is -2.11. The van der Waals surface area contributed by atoms with Gasteiger partial charge >= 0.3 is 0 Å². The van der Waals surface area contributed by atoms with Gasteiger partial charge in [0.1, 0.15) is 0 Å². The van der Waals surface area contributed by atoms with Crippen LogP contribution in [-0.4, -0.2) is 17.2 Å². The Labute approximate surface area is 123 Å². The highest BCUT2D eigenvalue weighted by Gasteiger charge is 2.13. The molecule has 100 valence electrons. The van der Waals surface area contributed by atoms with Gasteiger partial charge in [-0.05, 0) is 54.3 Å².